The second-order valence-corrected chi connectivity index (χ2v) is 3.53. The molecule has 0 saturated carbocycles. The van der Waals surface area contributed by atoms with Gasteiger partial charge in [-0.15, -0.1) is 0 Å². The number of unbranched alkanes of at least 4 members (excludes halogenated alkanes) is 1. The highest BCUT2D eigenvalue weighted by molar-refractivity contribution is 5.27. The highest BCUT2D eigenvalue weighted by Gasteiger charge is 1.95. The van der Waals surface area contributed by atoms with Crippen LogP contribution < -0.4 is 4.74 Å². The summed E-state index contributed by atoms with van der Waals surface area (Å²) >= 11 is 0. The van der Waals surface area contributed by atoms with Crippen LogP contribution in [0.2, 0.25) is 0 Å². The molecule has 1 rings (SSSR count). The van der Waals surface area contributed by atoms with Gasteiger partial charge in [0.05, 0.1) is 6.61 Å². The van der Waals surface area contributed by atoms with E-state index in [4.69, 9.17) is 4.74 Å². The van der Waals surface area contributed by atoms with Crippen LogP contribution in [0.3, 0.4) is 0 Å². The topological polar surface area (TPSA) is 9.23 Å². The van der Waals surface area contributed by atoms with Gasteiger partial charge in [0, 0.05) is 0 Å². The molecule has 0 bridgehead atoms. The van der Waals surface area contributed by atoms with E-state index >= 15 is 0 Å². The molecule has 0 aliphatic rings. The molecule has 1 aromatic carbocycles. The lowest BCUT2D eigenvalue weighted by atomic mass is 10.1. The second kappa shape index (κ2) is 6.47. The van der Waals surface area contributed by atoms with Gasteiger partial charge in [-0.3, -0.25) is 0 Å². The van der Waals surface area contributed by atoms with E-state index < -0.39 is 0 Å². The van der Waals surface area contributed by atoms with Crippen LogP contribution in [0.1, 0.15) is 38.7 Å². The lowest BCUT2D eigenvalue weighted by molar-refractivity contribution is 0.309. The average Bonchev–Trinajstić information content (AvgIpc) is 2.19. The molecule has 1 nitrogen and oxygen atoms in total. The summed E-state index contributed by atoms with van der Waals surface area (Å²) in [6, 6.07) is 9.19. The molecule has 14 heavy (non-hydrogen) atoms. The maximum Gasteiger partial charge on any atom is 0.120 e. The average molecular weight is 191 g/mol. The Kier molecular flexibility index (Phi) is 5.13. The summed E-state index contributed by atoms with van der Waals surface area (Å²) < 4.78 is 5.60. The molecule has 0 atom stereocenters. The predicted molar refractivity (Wildman–Crippen MR) is 59.7 cm³/mol. The third-order valence-electron chi connectivity index (χ3n) is 2.13. The first-order valence-electron chi connectivity index (χ1n) is 5.49. The first-order chi connectivity index (χ1) is 6.86. The molecule has 0 unspecified atom stereocenters. The third-order valence-corrected chi connectivity index (χ3v) is 2.13. The quantitative estimate of drug-likeness (QED) is 0.624. The molecular formula is C13H19O. The van der Waals surface area contributed by atoms with Crippen molar-refractivity contribution < 1.29 is 4.74 Å². The van der Waals surface area contributed by atoms with Gasteiger partial charge >= 0.3 is 0 Å². The normalized spacial score (nSPS) is 10.1. The Morgan fingerprint density at radius 2 is 2.07 bits per heavy atom. The Morgan fingerprint density at radius 3 is 2.79 bits per heavy atom. The summed E-state index contributed by atoms with van der Waals surface area (Å²) in [6.07, 6.45) is 4.59. The second-order valence-electron chi connectivity index (χ2n) is 3.53. The van der Waals surface area contributed by atoms with Gasteiger partial charge < -0.3 is 4.74 Å². The lowest BCUT2D eigenvalue weighted by Crippen LogP contribution is -1.96. The van der Waals surface area contributed by atoms with Crippen molar-refractivity contribution >= 4 is 0 Å². The molecule has 77 valence electrons. The predicted octanol–water partition coefficient (Wildman–Crippen LogP) is 3.62. The SMILES string of the molecule is CCCCOc1c[c]cc(CCC)c1. The summed E-state index contributed by atoms with van der Waals surface area (Å²) in [5.41, 5.74) is 1.32. The largest absolute Gasteiger partial charge is 0.494 e. The van der Waals surface area contributed by atoms with Crippen LogP contribution in [-0.2, 0) is 6.42 Å². The Labute approximate surface area is 87.1 Å². The summed E-state index contributed by atoms with van der Waals surface area (Å²) in [4.78, 5) is 0. The number of ether oxygens (including phenoxy) is 1. The number of hydrogen-bond donors (Lipinski definition) is 0. The molecule has 0 aliphatic carbocycles. The minimum absolute atomic E-state index is 0.819. The zero-order valence-electron chi connectivity index (χ0n) is 9.18. The number of rotatable bonds is 6. The number of benzene rings is 1. The minimum atomic E-state index is 0.819. The molecular weight excluding hydrogens is 172 g/mol. The third kappa shape index (κ3) is 3.82. The molecule has 0 N–H and O–H groups in total. The van der Waals surface area contributed by atoms with Gasteiger partial charge in [-0.25, -0.2) is 0 Å². The molecule has 0 spiro atoms. The molecule has 0 heterocycles. The van der Waals surface area contributed by atoms with Crippen molar-refractivity contribution in [2.45, 2.75) is 39.5 Å². The highest BCUT2D eigenvalue weighted by Crippen LogP contribution is 2.14. The highest BCUT2D eigenvalue weighted by atomic mass is 16.5. The van der Waals surface area contributed by atoms with Crippen LogP contribution in [0.25, 0.3) is 0 Å². The van der Waals surface area contributed by atoms with Crippen LogP contribution in [-0.4, -0.2) is 6.61 Å². The Hall–Kier alpha value is -0.980. The molecule has 0 saturated heterocycles. The summed E-state index contributed by atoms with van der Waals surface area (Å²) in [6.45, 7) is 5.17. The Balaban J connectivity index is 2.46. The van der Waals surface area contributed by atoms with Crippen molar-refractivity contribution in [3.8, 4) is 5.75 Å². The lowest BCUT2D eigenvalue weighted by Gasteiger charge is -2.06. The molecule has 0 aliphatic heterocycles. The fourth-order valence-corrected chi connectivity index (χ4v) is 1.35. The zero-order valence-corrected chi connectivity index (χ0v) is 9.18. The molecule has 0 aromatic heterocycles. The van der Waals surface area contributed by atoms with Gasteiger partial charge in [0.2, 0.25) is 0 Å². The molecule has 1 radical (unpaired) electrons. The van der Waals surface area contributed by atoms with Crippen LogP contribution in [0, 0.1) is 6.07 Å². The van der Waals surface area contributed by atoms with Crippen LogP contribution >= 0.6 is 0 Å². The number of hydrogen-bond acceptors (Lipinski definition) is 1. The summed E-state index contributed by atoms with van der Waals surface area (Å²) in [5.74, 6) is 0.962. The van der Waals surface area contributed by atoms with E-state index in [1.165, 1.54) is 18.4 Å². The van der Waals surface area contributed by atoms with E-state index in [9.17, 15) is 0 Å². The minimum Gasteiger partial charge on any atom is -0.494 e. The van der Waals surface area contributed by atoms with E-state index in [1.54, 1.807) is 0 Å². The summed E-state index contributed by atoms with van der Waals surface area (Å²) in [5, 5.41) is 0. The van der Waals surface area contributed by atoms with E-state index in [2.05, 4.69) is 26.0 Å². The van der Waals surface area contributed by atoms with E-state index in [1.807, 2.05) is 12.1 Å². The first-order valence-corrected chi connectivity index (χ1v) is 5.49. The fraction of sp³-hybridized carbons (Fsp3) is 0.538. The van der Waals surface area contributed by atoms with E-state index in [0.717, 1.165) is 25.2 Å². The van der Waals surface area contributed by atoms with Crippen molar-refractivity contribution in [2.75, 3.05) is 6.61 Å². The molecule has 0 fully saturated rings. The standard InChI is InChI=1S/C13H19O/c1-3-5-10-14-13-9-6-8-12(11-13)7-4-2/h8-9,11H,3-5,7,10H2,1-2H3. The van der Waals surface area contributed by atoms with Crippen molar-refractivity contribution in [3.05, 3.63) is 29.8 Å². The van der Waals surface area contributed by atoms with Crippen LogP contribution in [0.4, 0.5) is 0 Å². The van der Waals surface area contributed by atoms with Gasteiger partial charge in [0.1, 0.15) is 5.75 Å². The van der Waals surface area contributed by atoms with Crippen molar-refractivity contribution in [1.82, 2.24) is 0 Å². The first kappa shape index (κ1) is 11.1. The van der Waals surface area contributed by atoms with Gasteiger partial charge in [-0.1, -0.05) is 32.8 Å². The molecule has 1 aromatic rings. The van der Waals surface area contributed by atoms with E-state index in [0.29, 0.717) is 0 Å². The Bertz CT molecular complexity index is 255. The van der Waals surface area contributed by atoms with Crippen LogP contribution in [0.15, 0.2) is 18.2 Å². The van der Waals surface area contributed by atoms with E-state index in [-0.39, 0.29) is 0 Å². The van der Waals surface area contributed by atoms with Crippen molar-refractivity contribution in [2.24, 2.45) is 0 Å². The van der Waals surface area contributed by atoms with Gasteiger partial charge in [-0.2, -0.15) is 0 Å². The van der Waals surface area contributed by atoms with Crippen LogP contribution in [0.5, 0.6) is 5.75 Å². The van der Waals surface area contributed by atoms with Crippen molar-refractivity contribution in [1.29, 1.82) is 0 Å². The molecule has 1 heteroatoms. The maximum absolute atomic E-state index is 5.60. The zero-order chi connectivity index (χ0) is 10.2. The maximum atomic E-state index is 5.60. The smallest absolute Gasteiger partial charge is 0.120 e. The summed E-state index contributed by atoms with van der Waals surface area (Å²) in [7, 11) is 0. The van der Waals surface area contributed by atoms with Gasteiger partial charge in [0.25, 0.3) is 0 Å². The molecule has 0 amide bonds. The fourth-order valence-electron chi connectivity index (χ4n) is 1.35. The van der Waals surface area contributed by atoms with Crippen molar-refractivity contribution in [3.63, 3.8) is 0 Å². The Morgan fingerprint density at radius 1 is 1.21 bits per heavy atom. The van der Waals surface area contributed by atoms with Gasteiger partial charge in [0.15, 0.2) is 0 Å². The van der Waals surface area contributed by atoms with Gasteiger partial charge in [-0.05, 0) is 36.6 Å². The number of aryl methyl sites for hydroxylation is 1. The monoisotopic (exact) mass is 191 g/mol.